The second-order valence-electron chi connectivity index (χ2n) is 16.3. The van der Waals surface area contributed by atoms with Crippen molar-refractivity contribution in [1.82, 2.24) is 19.9 Å². The summed E-state index contributed by atoms with van der Waals surface area (Å²) in [4.78, 5) is 20.9. The minimum atomic E-state index is 0.664. The fourth-order valence-corrected chi connectivity index (χ4v) is 8.50. The molecule has 4 heteroatoms. The van der Waals surface area contributed by atoms with E-state index in [0.717, 1.165) is 101 Å². The van der Waals surface area contributed by atoms with E-state index in [9.17, 15) is 0 Å². The second-order valence-corrected chi connectivity index (χ2v) is 16.3. The molecule has 0 atom stereocenters. The summed E-state index contributed by atoms with van der Waals surface area (Å²) in [6.07, 6.45) is 0. The highest BCUT2D eigenvalue weighted by Gasteiger charge is 2.16. The van der Waals surface area contributed by atoms with Gasteiger partial charge in [-0.25, -0.2) is 19.9 Å². The number of rotatable bonds is 10. The first-order chi connectivity index (χ1) is 32.7. The molecule has 11 rings (SSSR count). The number of hydrogen-bond acceptors (Lipinski definition) is 4. The lowest BCUT2D eigenvalue weighted by molar-refractivity contribution is 1.18. The van der Waals surface area contributed by atoms with Crippen LogP contribution in [0.1, 0.15) is 0 Å². The largest absolute Gasteiger partial charge is 0.228 e. The highest BCUT2D eigenvalue weighted by molar-refractivity contribution is 5.83. The summed E-state index contributed by atoms with van der Waals surface area (Å²) in [5.74, 6) is 1.34. The Bertz CT molecular complexity index is 3390. The van der Waals surface area contributed by atoms with E-state index >= 15 is 0 Å². The molecule has 0 aliphatic heterocycles. The molecule has 0 saturated heterocycles. The van der Waals surface area contributed by atoms with Crippen molar-refractivity contribution < 1.29 is 0 Å². The molecule has 4 nitrogen and oxygen atoms in total. The van der Waals surface area contributed by atoms with Gasteiger partial charge in [0.15, 0.2) is 11.6 Å². The maximum absolute atomic E-state index is 5.34. The van der Waals surface area contributed by atoms with Crippen LogP contribution >= 0.6 is 0 Å². The summed E-state index contributed by atoms with van der Waals surface area (Å²) in [6, 6.07) is 88.8. The summed E-state index contributed by atoms with van der Waals surface area (Å²) >= 11 is 0. The Kier molecular flexibility index (Phi) is 10.9. The highest BCUT2D eigenvalue weighted by Crippen LogP contribution is 2.36. The highest BCUT2D eigenvalue weighted by atomic mass is 14.9. The summed E-state index contributed by atoms with van der Waals surface area (Å²) in [6.45, 7) is 0. The van der Waals surface area contributed by atoms with Crippen LogP contribution in [0.15, 0.2) is 255 Å². The molecular formula is C62H42N4. The van der Waals surface area contributed by atoms with E-state index in [4.69, 9.17) is 19.9 Å². The van der Waals surface area contributed by atoms with Crippen LogP contribution in [0.25, 0.3) is 112 Å². The van der Waals surface area contributed by atoms with Crippen LogP contribution in [0, 0.1) is 0 Å². The number of hydrogen-bond donors (Lipinski definition) is 0. The van der Waals surface area contributed by atoms with Crippen LogP contribution in [-0.2, 0) is 0 Å². The number of benzene rings is 9. The Morgan fingerprint density at radius 2 is 0.394 bits per heavy atom. The van der Waals surface area contributed by atoms with E-state index in [-0.39, 0.29) is 0 Å². The van der Waals surface area contributed by atoms with Crippen molar-refractivity contribution in [1.29, 1.82) is 0 Å². The van der Waals surface area contributed by atoms with Gasteiger partial charge in [0.05, 0.1) is 22.8 Å². The molecule has 0 aliphatic rings. The third kappa shape index (κ3) is 8.59. The minimum Gasteiger partial charge on any atom is -0.228 e. The van der Waals surface area contributed by atoms with Gasteiger partial charge in [0.25, 0.3) is 0 Å². The van der Waals surface area contributed by atoms with E-state index in [1.54, 1.807) is 0 Å². The van der Waals surface area contributed by atoms with Gasteiger partial charge in [0.1, 0.15) is 0 Å². The number of nitrogens with zero attached hydrogens (tertiary/aromatic N) is 4. The van der Waals surface area contributed by atoms with Crippen LogP contribution in [-0.4, -0.2) is 19.9 Å². The van der Waals surface area contributed by atoms with Crippen molar-refractivity contribution in [3.63, 3.8) is 0 Å². The van der Waals surface area contributed by atoms with E-state index in [1.807, 2.05) is 30.3 Å². The smallest absolute Gasteiger partial charge is 0.160 e. The van der Waals surface area contributed by atoms with Gasteiger partial charge in [-0.2, -0.15) is 0 Å². The molecule has 11 aromatic rings. The van der Waals surface area contributed by atoms with E-state index in [0.29, 0.717) is 11.6 Å². The topological polar surface area (TPSA) is 51.6 Å². The van der Waals surface area contributed by atoms with Gasteiger partial charge in [-0.15, -0.1) is 0 Å². The van der Waals surface area contributed by atoms with Crippen LogP contribution in [0.2, 0.25) is 0 Å². The third-order valence-electron chi connectivity index (χ3n) is 11.9. The predicted octanol–water partition coefficient (Wildman–Crippen LogP) is 15.9. The maximum atomic E-state index is 5.34. The lowest BCUT2D eigenvalue weighted by atomic mass is 9.95. The molecule has 310 valence electrons. The van der Waals surface area contributed by atoms with Crippen molar-refractivity contribution in [2.45, 2.75) is 0 Å². The standard InChI is InChI=1S/C62H42N4/c1-6-19-43(20-7-1)48-29-16-32-51(35-48)59-42-60(65-61(64-59)47-27-14-5-15-28-47)53-34-18-31-50(37-53)49-30-17-33-52(36-49)58-41-57(46-25-12-4-13-26-46)63-62(66-58)56-39-54(44-21-8-2-9-22-44)38-55(40-56)45-23-10-3-11-24-45/h1-42H. The summed E-state index contributed by atoms with van der Waals surface area (Å²) in [5.41, 5.74) is 18.3. The predicted molar refractivity (Wildman–Crippen MR) is 272 cm³/mol. The first-order valence-corrected chi connectivity index (χ1v) is 22.2. The van der Waals surface area contributed by atoms with Gasteiger partial charge in [0, 0.05) is 33.4 Å². The molecule has 2 aromatic heterocycles. The van der Waals surface area contributed by atoms with Crippen molar-refractivity contribution in [2.24, 2.45) is 0 Å². The van der Waals surface area contributed by atoms with Gasteiger partial charge < -0.3 is 0 Å². The zero-order valence-corrected chi connectivity index (χ0v) is 36.0. The Labute approximate surface area is 385 Å². The summed E-state index contributed by atoms with van der Waals surface area (Å²) in [5, 5.41) is 0. The Morgan fingerprint density at radius 1 is 0.152 bits per heavy atom. The molecular weight excluding hydrogens is 801 g/mol. The Hall–Kier alpha value is -8.86. The molecule has 0 unspecified atom stereocenters. The molecule has 0 saturated carbocycles. The second kappa shape index (κ2) is 18.1. The molecule has 0 fully saturated rings. The quantitative estimate of drug-likeness (QED) is 0.138. The average molecular weight is 843 g/mol. The monoisotopic (exact) mass is 842 g/mol. The molecule has 2 heterocycles. The van der Waals surface area contributed by atoms with Crippen molar-refractivity contribution in [2.75, 3.05) is 0 Å². The normalized spacial score (nSPS) is 11.0. The lowest BCUT2D eigenvalue weighted by Crippen LogP contribution is -1.97. The fourth-order valence-electron chi connectivity index (χ4n) is 8.50. The molecule has 0 spiro atoms. The SMILES string of the molecule is c1ccc(-c2cccc(-c3cc(-c4cccc(-c5cccc(-c6cc(-c7ccccc7)nc(-c7cc(-c8ccccc8)cc(-c8ccccc8)c7)n6)c5)c4)nc(-c4ccccc4)n3)c2)cc1. The van der Waals surface area contributed by atoms with Crippen molar-refractivity contribution >= 4 is 0 Å². The first-order valence-electron chi connectivity index (χ1n) is 22.2. The van der Waals surface area contributed by atoms with Crippen molar-refractivity contribution in [3.8, 4) is 112 Å². The maximum Gasteiger partial charge on any atom is 0.160 e. The van der Waals surface area contributed by atoms with Crippen LogP contribution in [0.3, 0.4) is 0 Å². The Morgan fingerprint density at radius 3 is 0.788 bits per heavy atom. The Balaban J connectivity index is 1.00. The first kappa shape index (κ1) is 40.0. The van der Waals surface area contributed by atoms with Crippen LogP contribution in [0.5, 0.6) is 0 Å². The minimum absolute atomic E-state index is 0.664. The zero-order chi connectivity index (χ0) is 44.1. The lowest BCUT2D eigenvalue weighted by Gasteiger charge is -2.14. The van der Waals surface area contributed by atoms with Crippen LogP contribution in [0.4, 0.5) is 0 Å². The molecule has 9 aromatic carbocycles. The van der Waals surface area contributed by atoms with E-state index < -0.39 is 0 Å². The van der Waals surface area contributed by atoms with Gasteiger partial charge >= 0.3 is 0 Å². The van der Waals surface area contributed by atoms with Gasteiger partial charge in [-0.3, -0.25) is 0 Å². The molecule has 66 heavy (non-hydrogen) atoms. The molecule has 0 amide bonds. The average Bonchev–Trinajstić information content (AvgIpc) is 3.42. The van der Waals surface area contributed by atoms with Crippen molar-refractivity contribution in [3.05, 3.63) is 255 Å². The van der Waals surface area contributed by atoms with E-state index in [1.165, 1.54) is 0 Å². The zero-order valence-electron chi connectivity index (χ0n) is 36.0. The summed E-state index contributed by atoms with van der Waals surface area (Å²) in [7, 11) is 0. The van der Waals surface area contributed by atoms with Gasteiger partial charge in [-0.1, -0.05) is 206 Å². The van der Waals surface area contributed by atoms with Gasteiger partial charge in [-0.05, 0) is 93.0 Å². The molecule has 0 N–H and O–H groups in total. The number of aromatic nitrogens is 4. The fraction of sp³-hybridized carbons (Fsp3) is 0. The van der Waals surface area contributed by atoms with Gasteiger partial charge in [0.2, 0.25) is 0 Å². The third-order valence-corrected chi connectivity index (χ3v) is 11.9. The molecule has 0 bridgehead atoms. The van der Waals surface area contributed by atoms with E-state index in [2.05, 4.69) is 224 Å². The molecule has 0 radical (unpaired) electrons. The summed E-state index contributed by atoms with van der Waals surface area (Å²) < 4.78 is 0. The molecule has 0 aliphatic carbocycles. The van der Waals surface area contributed by atoms with Crippen LogP contribution < -0.4 is 0 Å².